The van der Waals surface area contributed by atoms with E-state index in [2.05, 4.69) is 37.8 Å². The zero-order valence-corrected chi connectivity index (χ0v) is 15.6. The fourth-order valence-electron chi connectivity index (χ4n) is 1.33. The molecule has 0 aliphatic rings. The molecule has 0 saturated heterocycles. The number of aliphatic imine (C=N–C) groups is 1. The number of benzene rings is 1. The van der Waals surface area contributed by atoms with Gasteiger partial charge in [-0.3, -0.25) is 4.99 Å². The average Bonchev–Trinajstić information content (AvgIpc) is 2.37. The Morgan fingerprint density at radius 1 is 1.42 bits per heavy atom. The lowest BCUT2D eigenvalue weighted by Gasteiger charge is -2.11. The summed E-state index contributed by atoms with van der Waals surface area (Å²) in [5, 5.41) is 6.32. The maximum atomic E-state index is 13.3. The number of guanidine groups is 1. The molecule has 3 nitrogen and oxygen atoms in total. The predicted molar refractivity (Wildman–Crippen MR) is 96.1 cm³/mol. The molecule has 1 rings (SSSR count). The van der Waals surface area contributed by atoms with Crippen molar-refractivity contribution in [3.05, 3.63) is 34.1 Å². The highest BCUT2D eigenvalue weighted by Gasteiger charge is 2.02. The number of thioether (sulfide) groups is 1. The van der Waals surface area contributed by atoms with Crippen LogP contribution in [-0.4, -0.2) is 31.6 Å². The molecule has 0 bridgehead atoms. The van der Waals surface area contributed by atoms with E-state index in [0.717, 1.165) is 23.8 Å². The fourth-order valence-corrected chi connectivity index (χ4v) is 1.88. The minimum Gasteiger partial charge on any atom is -0.356 e. The van der Waals surface area contributed by atoms with Gasteiger partial charge in [0.2, 0.25) is 0 Å². The SMILES string of the molecule is CN=C(NCCSC)NCc1ccc(Br)c(F)c1.I. The molecule has 0 fully saturated rings. The van der Waals surface area contributed by atoms with Crippen molar-refractivity contribution in [2.24, 2.45) is 4.99 Å². The normalized spacial score (nSPS) is 10.8. The maximum Gasteiger partial charge on any atom is 0.191 e. The zero-order valence-electron chi connectivity index (χ0n) is 10.9. The van der Waals surface area contributed by atoms with Gasteiger partial charge in [-0.1, -0.05) is 6.07 Å². The van der Waals surface area contributed by atoms with Crippen LogP contribution in [0.15, 0.2) is 27.7 Å². The van der Waals surface area contributed by atoms with Gasteiger partial charge in [-0.05, 0) is 39.9 Å². The molecule has 108 valence electrons. The third-order valence-corrected chi connectivity index (χ3v) is 3.52. The molecule has 1 aromatic carbocycles. The number of halogens is 3. The van der Waals surface area contributed by atoms with Crippen molar-refractivity contribution in [1.29, 1.82) is 0 Å². The summed E-state index contributed by atoms with van der Waals surface area (Å²) in [4.78, 5) is 4.10. The largest absolute Gasteiger partial charge is 0.356 e. The first-order valence-electron chi connectivity index (χ1n) is 5.54. The lowest BCUT2D eigenvalue weighted by atomic mass is 10.2. The van der Waals surface area contributed by atoms with Crippen molar-refractivity contribution in [3.63, 3.8) is 0 Å². The molecule has 0 aliphatic carbocycles. The number of nitrogens with zero attached hydrogens (tertiary/aromatic N) is 1. The van der Waals surface area contributed by atoms with E-state index in [1.54, 1.807) is 24.9 Å². The quantitative estimate of drug-likeness (QED) is 0.306. The summed E-state index contributed by atoms with van der Waals surface area (Å²) >= 11 is 4.90. The lowest BCUT2D eigenvalue weighted by Crippen LogP contribution is -2.37. The number of nitrogens with one attached hydrogen (secondary N) is 2. The van der Waals surface area contributed by atoms with E-state index in [0.29, 0.717) is 11.0 Å². The van der Waals surface area contributed by atoms with Crippen LogP contribution in [0.3, 0.4) is 0 Å². The molecule has 1 aromatic rings. The minimum absolute atomic E-state index is 0. The van der Waals surface area contributed by atoms with E-state index in [-0.39, 0.29) is 29.8 Å². The van der Waals surface area contributed by atoms with Crippen LogP contribution in [0.4, 0.5) is 4.39 Å². The highest BCUT2D eigenvalue weighted by Crippen LogP contribution is 2.16. The molecule has 0 spiro atoms. The van der Waals surface area contributed by atoms with Crippen LogP contribution < -0.4 is 10.6 Å². The van der Waals surface area contributed by atoms with Gasteiger partial charge in [-0.25, -0.2) is 4.39 Å². The summed E-state index contributed by atoms with van der Waals surface area (Å²) in [6.45, 7) is 1.40. The fraction of sp³-hybridized carbons (Fsp3) is 0.417. The molecule has 0 aliphatic heterocycles. The second-order valence-electron chi connectivity index (χ2n) is 3.59. The molecule has 0 unspecified atom stereocenters. The third kappa shape index (κ3) is 7.36. The number of hydrogen-bond donors (Lipinski definition) is 2. The molecule has 0 amide bonds. The zero-order chi connectivity index (χ0) is 13.4. The van der Waals surface area contributed by atoms with E-state index in [1.165, 1.54) is 6.07 Å². The Bertz CT molecular complexity index is 418. The molecule has 2 N–H and O–H groups in total. The van der Waals surface area contributed by atoms with Gasteiger partial charge in [0.15, 0.2) is 5.96 Å². The second kappa shape index (κ2) is 10.7. The molecular weight excluding hydrogens is 444 g/mol. The van der Waals surface area contributed by atoms with Crippen LogP contribution in [0, 0.1) is 5.82 Å². The highest BCUT2D eigenvalue weighted by atomic mass is 127. The van der Waals surface area contributed by atoms with Crippen molar-refractivity contribution in [2.75, 3.05) is 25.6 Å². The molecule has 0 saturated carbocycles. The van der Waals surface area contributed by atoms with Gasteiger partial charge in [-0.2, -0.15) is 11.8 Å². The highest BCUT2D eigenvalue weighted by molar-refractivity contribution is 14.0. The molecular formula is C12H18BrFIN3S. The first-order valence-corrected chi connectivity index (χ1v) is 7.73. The van der Waals surface area contributed by atoms with Crippen LogP contribution in [0.25, 0.3) is 0 Å². The Morgan fingerprint density at radius 2 is 2.16 bits per heavy atom. The van der Waals surface area contributed by atoms with Gasteiger partial charge < -0.3 is 10.6 Å². The lowest BCUT2D eigenvalue weighted by molar-refractivity contribution is 0.618. The molecule has 0 aromatic heterocycles. The van der Waals surface area contributed by atoms with Crippen molar-refractivity contribution in [1.82, 2.24) is 10.6 Å². The van der Waals surface area contributed by atoms with Gasteiger partial charge in [0.1, 0.15) is 5.82 Å². The van der Waals surface area contributed by atoms with Crippen LogP contribution >= 0.6 is 51.7 Å². The Kier molecular flexibility index (Phi) is 10.7. The number of rotatable bonds is 5. The number of hydrogen-bond acceptors (Lipinski definition) is 2. The maximum absolute atomic E-state index is 13.3. The smallest absolute Gasteiger partial charge is 0.191 e. The predicted octanol–water partition coefficient (Wildman–Crippen LogP) is 3.23. The van der Waals surface area contributed by atoms with Crippen LogP contribution in [-0.2, 0) is 6.54 Å². The first-order chi connectivity index (χ1) is 8.67. The monoisotopic (exact) mass is 461 g/mol. The Balaban J connectivity index is 0.00000324. The standard InChI is InChI=1S/C12H17BrFN3S.HI/c1-15-12(16-5-6-18-2)17-8-9-3-4-10(13)11(14)7-9;/h3-4,7H,5-6,8H2,1-2H3,(H2,15,16,17);1H. The van der Waals surface area contributed by atoms with Gasteiger partial charge in [-0.15, -0.1) is 24.0 Å². The average molecular weight is 462 g/mol. The molecule has 7 heteroatoms. The second-order valence-corrected chi connectivity index (χ2v) is 5.43. The third-order valence-electron chi connectivity index (χ3n) is 2.27. The minimum atomic E-state index is -0.250. The topological polar surface area (TPSA) is 36.4 Å². The molecule has 19 heavy (non-hydrogen) atoms. The van der Waals surface area contributed by atoms with E-state index >= 15 is 0 Å². The Labute approximate surface area is 143 Å². The molecule has 0 heterocycles. The molecule has 0 radical (unpaired) electrons. The van der Waals surface area contributed by atoms with Crippen LogP contribution in [0.1, 0.15) is 5.56 Å². The summed E-state index contributed by atoms with van der Waals surface area (Å²) in [7, 11) is 1.72. The van der Waals surface area contributed by atoms with Crippen LogP contribution in [0.5, 0.6) is 0 Å². The summed E-state index contributed by atoms with van der Waals surface area (Å²) in [5.74, 6) is 1.50. The molecule has 0 atom stereocenters. The summed E-state index contributed by atoms with van der Waals surface area (Å²) in [6, 6.07) is 5.08. The van der Waals surface area contributed by atoms with Crippen molar-refractivity contribution < 1.29 is 4.39 Å². The van der Waals surface area contributed by atoms with Crippen molar-refractivity contribution in [2.45, 2.75) is 6.54 Å². The first kappa shape index (κ1) is 19.0. The summed E-state index contributed by atoms with van der Waals surface area (Å²) in [5.41, 5.74) is 0.878. The van der Waals surface area contributed by atoms with Crippen molar-refractivity contribution in [3.8, 4) is 0 Å². The van der Waals surface area contributed by atoms with E-state index in [4.69, 9.17) is 0 Å². The van der Waals surface area contributed by atoms with Gasteiger partial charge in [0.25, 0.3) is 0 Å². The van der Waals surface area contributed by atoms with Crippen LogP contribution in [0.2, 0.25) is 0 Å². The van der Waals surface area contributed by atoms with E-state index in [9.17, 15) is 4.39 Å². The van der Waals surface area contributed by atoms with Crippen molar-refractivity contribution >= 4 is 57.6 Å². The van der Waals surface area contributed by atoms with Gasteiger partial charge in [0, 0.05) is 25.9 Å². The van der Waals surface area contributed by atoms with E-state index < -0.39 is 0 Å². The summed E-state index contributed by atoms with van der Waals surface area (Å²) in [6.07, 6.45) is 2.06. The van der Waals surface area contributed by atoms with Gasteiger partial charge in [0.05, 0.1) is 4.47 Å². The van der Waals surface area contributed by atoms with Gasteiger partial charge >= 0.3 is 0 Å². The Hall–Kier alpha value is -0.0200. The summed E-state index contributed by atoms with van der Waals surface area (Å²) < 4.78 is 13.8. The van der Waals surface area contributed by atoms with E-state index in [1.807, 2.05) is 6.07 Å². The Morgan fingerprint density at radius 3 is 2.74 bits per heavy atom.